The lowest BCUT2D eigenvalue weighted by Gasteiger charge is -2.29. The fourth-order valence-corrected chi connectivity index (χ4v) is 5.78. The van der Waals surface area contributed by atoms with E-state index in [1.807, 2.05) is 6.20 Å². The number of benzene rings is 3. The number of hydrogen-bond acceptors (Lipinski definition) is 2. The summed E-state index contributed by atoms with van der Waals surface area (Å²) in [6.45, 7) is 0. The van der Waals surface area contributed by atoms with E-state index in [0.29, 0.717) is 11.8 Å². The Morgan fingerprint density at radius 3 is 2.13 bits per heavy atom. The topological polar surface area (TPSA) is 25.8 Å². The average Bonchev–Trinajstić information content (AvgIpc) is 3.28. The van der Waals surface area contributed by atoms with Gasteiger partial charge in [-0.1, -0.05) is 78.9 Å². The van der Waals surface area contributed by atoms with Gasteiger partial charge in [-0.3, -0.25) is 0 Å². The second-order valence-electron chi connectivity index (χ2n) is 8.86. The normalized spacial score (nSPS) is 19.6. The Hall–Kier alpha value is -3.26. The summed E-state index contributed by atoms with van der Waals surface area (Å²) in [4.78, 5) is 0. The van der Waals surface area contributed by atoms with Crippen molar-refractivity contribution in [2.75, 3.05) is 0 Å². The van der Waals surface area contributed by atoms with Crippen LogP contribution < -0.4 is 0 Å². The zero-order valence-corrected chi connectivity index (χ0v) is 17.7. The molecule has 0 amide bonds. The number of aryl methyl sites for hydroxylation is 2. The molecule has 0 spiro atoms. The van der Waals surface area contributed by atoms with Gasteiger partial charge in [-0.2, -0.15) is 10.2 Å². The molecule has 0 N–H and O–H groups in total. The summed E-state index contributed by atoms with van der Waals surface area (Å²) >= 11 is 0. The van der Waals surface area contributed by atoms with E-state index in [2.05, 4.69) is 84.0 Å². The van der Waals surface area contributed by atoms with Gasteiger partial charge in [-0.15, -0.1) is 0 Å². The van der Waals surface area contributed by atoms with Crippen LogP contribution in [-0.2, 0) is 12.8 Å². The van der Waals surface area contributed by atoms with Crippen molar-refractivity contribution in [1.82, 2.24) is 10.2 Å². The molecule has 0 aliphatic heterocycles. The van der Waals surface area contributed by atoms with Gasteiger partial charge < -0.3 is 0 Å². The van der Waals surface area contributed by atoms with Gasteiger partial charge in [0.2, 0.25) is 0 Å². The predicted octanol–water partition coefficient (Wildman–Crippen LogP) is 6.69. The Labute approximate surface area is 184 Å². The summed E-state index contributed by atoms with van der Waals surface area (Å²) in [6, 6.07) is 28.7. The van der Waals surface area contributed by atoms with E-state index < -0.39 is 0 Å². The van der Waals surface area contributed by atoms with Crippen LogP contribution in [-0.4, -0.2) is 10.2 Å². The summed E-state index contributed by atoms with van der Waals surface area (Å²) in [6.07, 6.45) is 7.79. The first-order valence-electron chi connectivity index (χ1n) is 11.5. The molecule has 3 aromatic carbocycles. The Morgan fingerprint density at radius 2 is 1.32 bits per heavy atom. The first-order valence-corrected chi connectivity index (χ1v) is 11.5. The monoisotopic (exact) mass is 402 g/mol. The van der Waals surface area contributed by atoms with Crippen LogP contribution in [0.3, 0.4) is 0 Å². The molecule has 2 aliphatic rings. The zero-order valence-electron chi connectivity index (χ0n) is 17.7. The second kappa shape index (κ2) is 7.77. The molecule has 2 aliphatic carbocycles. The van der Waals surface area contributed by atoms with E-state index >= 15 is 0 Å². The number of rotatable bonds is 3. The van der Waals surface area contributed by atoms with Gasteiger partial charge in [0.1, 0.15) is 0 Å². The predicted molar refractivity (Wildman–Crippen MR) is 125 cm³/mol. The van der Waals surface area contributed by atoms with Crippen molar-refractivity contribution in [3.05, 3.63) is 119 Å². The summed E-state index contributed by atoms with van der Waals surface area (Å²) in [5, 5.41) is 9.40. The van der Waals surface area contributed by atoms with Crippen LogP contribution in [0.4, 0.5) is 0 Å². The van der Waals surface area contributed by atoms with Gasteiger partial charge in [0.05, 0.1) is 11.9 Å². The van der Waals surface area contributed by atoms with E-state index in [9.17, 15) is 0 Å². The maximum Gasteiger partial charge on any atom is 0.0750 e. The zero-order chi connectivity index (χ0) is 20.6. The van der Waals surface area contributed by atoms with Crippen molar-refractivity contribution >= 4 is 0 Å². The lowest BCUT2D eigenvalue weighted by molar-refractivity contribution is 0.587. The molecule has 1 heterocycles. The third-order valence-electron chi connectivity index (χ3n) is 7.18. The van der Waals surface area contributed by atoms with Gasteiger partial charge in [0.15, 0.2) is 0 Å². The van der Waals surface area contributed by atoms with Crippen molar-refractivity contribution in [1.29, 1.82) is 0 Å². The van der Waals surface area contributed by atoms with Crippen molar-refractivity contribution in [3.63, 3.8) is 0 Å². The minimum Gasteiger partial charge on any atom is -0.158 e. The Kier molecular flexibility index (Phi) is 4.64. The highest BCUT2D eigenvalue weighted by molar-refractivity contribution is 5.70. The summed E-state index contributed by atoms with van der Waals surface area (Å²) in [5.74, 6) is 0.704. The summed E-state index contributed by atoms with van der Waals surface area (Å²) in [5.41, 5.74) is 10.9. The quantitative estimate of drug-likeness (QED) is 0.381. The molecule has 31 heavy (non-hydrogen) atoms. The van der Waals surface area contributed by atoms with Crippen molar-refractivity contribution in [3.8, 4) is 11.1 Å². The number of aromatic nitrogens is 2. The van der Waals surface area contributed by atoms with Crippen LogP contribution >= 0.6 is 0 Å². The molecular weight excluding hydrogens is 376 g/mol. The maximum absolute atomic E-state index is 4.85. The number of fused-ring (bicyclic) bond motifs is 2. The molecule has 1 aromatic heterocycles. The van der Waals surface area contributed by atoms with Crippen molar-refractivity contribution in [2.24, 2.45) is 0 Å². The summed E-state index contributed by atoms with van der Waals surface area (Å²) in [7, 11) is 0. The third kappa shape index (κ3) is 3.18. The molecule has 0 radical (unpaired) electrons. The molecule has 2 atom stereocenters. The Morgan fingerprint density at radius 1 is 0.645 bits per heavy atom. The SMILES string of the molecule is c1ccc(-c2cnnc(C3CCCc4ccccc43)c2C2CCc3ccccc32)cc1. The largest absolute Gasteiger partial charge is 0.158 e. The van der Waals surface area contributed by atoms with Crippen LogP contribution in [0.2, 0.25) is 0 Å². The minimum absolute atomic E-state index is 0.323. The molecule has 4 aromatic rings. The van der Waals surface area contributed by atoms with Gasteiger partial charge in [-0.25, -0.2) is 0 Å². The number of hydrogen-bond donors (Lipinski definition) is 0. The smallest absolute Gasteiger partial charge is 0.0750 e. The van der Waals surface area contributed by atoms with Crippen LogP contribution in [0, 0.1) is 0 Å². The molecule has 152 valence electrons. The minimum atomic E-state index is 0.323. The van der Waals surface area contributed by atoms with Crippen LogP contribution in [0.15, 0.2) is 85.1 Å². The second-order valence-corrected chi connectivity index (χ2v) is 8.86. The standard InChI is InChI=1S/C29H26N2/c1-2-9-21(10-3-1)27-19-30-31-29(26-16-8-13-20-11-4-7-15-24(20)26)28(27)25-18-17-22-12-5-6-14-23(22)25/h1-7,9-12,14-15,19,25-26H,8,13,16-18H2. The molecule has 0 bridgehead atoms. The first-order chi connectivity index (χ1) is 15.4. The van der Waals surface area contributed by atoms with Crippen LogP contribution in [0.1, 0.15) is 64.6 Å². The first kappa shape index (κ1) is 18.5. The van der Waals surface area contributed by atoms with Gasteiger partial charge in [0, 0.05) is 17.4 Å². The lowest BCUT2D eigenvalue weighted by atomic mass is 9.76. The van der Waals surface area contributed by atoms with Gasteiger partial charge >= 0.3 is 0 Å². The van der Waals surface area contributed by atoms with Gasteiger partial charge in [-0.05, 0) is 65.5 Å². The van der Waals surface area contributed by atoms with E-state index in [4.69, 9.17) is 5.10 Å². The molecule has 0 saturated heterocycles. The fourth-order valence-electron chi connectivity index (χ4n) is 5.78. The van der Waals surface area contributed by atoms with Gasteiger partial charge in [0.25, 0.3) is 0 Å². The maximum atomic E-state index is 4.85. The van der Waals surface area contributed by atoms with E-state index in [0.717, 1.165) is 19.3 Å². The molecule has 6 rings (SSSR count). The fraction of sp³-hybridized carbons (Fsp3) is 0.241. The van der Waals surface area contributed by atoms with E-state index in [-0.39, 0.29) is 0 Å². The van der Waals surface area contributed by atoms with Crippen LogP contribution in [0.5, 0.6) is 0 Å². The van der Waals surface area contributed by atoms with E-state index in [1.165, 1.54) is 57.5 Å². The molecular formula is C29H26N2. The molecule has 2 nitrogen and oxygen atoms in total. The Balaban J connectivity index is 1.59. The third-order valence-corrected chi connectivity index (χ3v) is 7.18. The highest BCUT2D eigenvalue weighted by atomic mass is 15.1. The highest BCUT2D eigenvalue weighted by Gasteiger charge is 2.33. The highest BCUT2D eigenvalue weighted by Crippen LogP contribution is 2.47. The van der Waals surface area contributed by atoms with Crippen molar-refractivity contribution < 1.29 is 0 Å². The van der Waals surface area contributed by atoms with Crippen LogP contribution in [0.25, 0.3) is 11.1 Å². The number of nitrogens with zero attached hydrogens (tertiary/aromatic N) is 2. The lowest BCUT2D eigenvalue weighted by Crippen LogP contribution is -2.17. The van der Waals surface area contributed by atoms with Crippen molar-refractivity contribution in [2.45, 2.75) is 43.9 Å². The molecule has 0 saturated carbocycles. The average molecular weight is 403 g/mol. The molecule has 2 unspecified atom stereocenters. The molecule has 0 fully saturated rings. The molecule has 2 heteroatoms. The van der Waals surface area contributed by atoms with E-state index in [1.54, 1.807) is 0 Å². The Bertz CT molecular complexity index is 1230. The summed E-state index contributed by atoms with van der Waals surface area (Å²) < 4.78 is 0.